The number of methoxy groups -OCH3 is 1. The number of carbonyl (C=O) groups excluding carboxylic acids is 2. The Morgan fingerprint density at radius 3 is 2.27 bits per heavy atom. The van der Waals surface area contributed by atoms with Crippen LogP contribution in [0.3, 0.4) is 0 Å². The molecule has 2 aromatic rings. The van der Waals surface area contributed by atoms with Crippen molar-refractivity contribution in [3.63, 3.8) is 0 Å². The van der Waals surface area contributed by atoms with Crippen LogP contribution in [0.5, 0.6) is 5.75 Å². The zero-order valence-corrected chi connectivity index (χ0v) is 23.2. The summed E-state index contributed by atoms with van der Waals surface area (Å²) in [5, 5.41) is 6.14. The molecule has 1 atom stereocenters. The SMILES string of the molecule is CCCCC(CC)C(=O)Nc1ccc(N2CCN(c3ccccc3OC)CC2)c(C(=O)NCC(C)C)c1. The Bertz CT molecular complexity index is 1030. The number of benzene rings is 2. The quantitative estimate of drug-likeness (QED) is 0.393. The van der Waals surface area contributed by atoms with E-state index in [1.807, 2.05) is 36.4 Å². The van der Waals surface area contributed by atoms with E-state index >= 15 is 0 Å². The lowest BCUT2D eigenvalue weighted by Crippen LogP contribution is -2.47. The molecule has 0 spiro atoms. The fourth-order valence-electron chi connectivity index (χ4n) is 4.76. The minimum Gasteiger partial charge on any atom is -0.495 e. The van der Waals surface area contributed by atoms with Gasteiger partial charge < -0.3 is 25.2 Å². The van der Waals surface area contributed by atoms with Crippen molar-refractivity contribution in [2.45, 2.75) is 53.4 Å². The number of ether oxygens (including phenoxy) is 1. The first kappa shape index (κ1) is 28.4. The van der Waals surface area contributed by atoms with Gasteiger partial charge in [-0.1, -0.05) is 52.7 Å². The third-order valence-electron chi connectivity index (χ3n) is 7.00. The molecule has 7 heteroatoms. The molecule has 1 aliphatic heterocycles. The molecule has 2 N–H and O–H groups in total. The van der Waals surface area contributed by atoms with Gasteiger partial charge in [-0.2, -0.15) is 0 Å². The van der Waals surface area contributed by atoms with Crippen LogP contribution in [-0.2, 0) is 4.79 Å². The molecular weight excluding hydrogens is 464 g/mol. The number of rotatable bonds is 12. The van der Waals surface area contributed by atoms with Crippen molar-refractivity contribution in [1.82, 2.24) is 5.32 Å². The largest absolute Gasteiger partial charge is 0.495 e. The van der Waals surface area contributed by atoms with E-state index in [1.54, 1.807) is 7.11 Å². The van der Waals surface area contributed by atoms with Crippen molar-refractivity contribution in [3.05, 3.63) is 48.0 Å². The third kappa shape index (κ3) is 7.63. The summed E-state index contributed by atoms with van der Waals surface area (Å²) in [6.07, 6.45) is 3.80. The molecule has 3 rings (SSSR count). The summed E-state index contributed by atoms with van der Waals surface area (Å²) in [6, 6.07) is 13.8. The van der Waals surface area contributed by atoms with E-state index in [-0.39, 0.29) is 17.7 Å². The summed E-state index contributed by atoms with van der Waals surface area (Å²) in [7, 11) is 1.70. The summed E-state index contributed by atoms with van der Waals surface area (Å²) >= 11 is 0. The highest BCUT2D eigenvalue weighted by atomic mass is 16.5. The minimum atomic E-state index is -0.106. The lowest BCUT2D eigenvalue weighted by Gasteiger charge is -2.38. The smallest absolute Gasteiger partial charge is 0.253 e. The highest BCUT2D eigenvalue weighted by molar-refractivity contribution is 6.02. The second-order valence-corrected chi connectivity index (χ2v) is 10.2. The fourth-order valence-corrected chi connectivity index (χ4v) is 4.76. The molecule has 0 saturated carbocycles. The maximum atomic E-state index is 13.3. The van der Waals surface area contributed by atoms with Gasteiger partial charge in [0.05, 0.1) is 18.4 Å². The summed E-state index contributed by atoms with van der Waals surface area (Å²) in [5.74, 6) is 1.13. The molecular formula is C30H44N4O3. The number of nitrogens with one attached hydrogen (secondary N) is 2. The van der Waals surface area contributed by atoms with Gasteiger partial charge in [-0.25, -0.2) is 0 Å². The lowest BCUT2D eigenvalue weighted by atomic mass is 9.98. The van der Waals surface area contributed by atoms with Crippen molar-refractivity contribution < 1.29 is 14.3 Å². The zero-order valence-electron chi connectivity index (χ0n) is 23.2. The van der Waals surface area contributed by atoms with E-state index in [2.05, 4.69) is 54.2 Å². The second kappa shape index (κ2) is 13.9. The molecule has 1 aliphatic rings. The van der Waals surface area contributed by atoms with E-state index in [1.165, 1.54) is 0 Å². The van der Waals surface area contributed by atoms with Crippen LogP contribution in [-0.4, -0.2) is 51.6 Å². The van der Waals surface area contributed by atoms with Crippen LogP contribution in [0, 0.1) is 11.8 Å². The Hall–Kier alpha value is -3.22. The average Bonchev–Trinajstić information content (AvgIpc) is 2.92. The van der Waals surface area contributed by atoms with Crippen LogP contribution in [0.25, 0.3) is 0 Å². The van der Waals surface area contributed by atoms with Crippen molar-refractivity contribution >= 4 is 28.9 Å². The molecule has 7 nitrogen and oxygen atoms in total. The van der Waals surface area contributed by atoms with E-state index in [0.29, 0.717) is 23.7 Å². The van der Waals surface area contributed by atoms with E-state index in [4.69, 9.17) is 4.74 Å². The fraction of sp³-hybridized carbons (Fsp3) is 0.533. The third-order valence-corrected chi connectivity index (χ3v) is 7.00. The van der Waals surface area contributed by atoms with Gasteiger partial charge in [-0.05, 0) is 49.1 Å². The Balaban J connectivity index is 1.79. The van der Waals surface area contributed by atoms with Gasteiger partial charge in [0.1, 0.15) is 5.75 Å². The first-order valence-corrected chi connectivity index (χ1v) is 13.7. The molecule has 0 bridgehead atoms. The highest BCUT2D eigenvalue weighted by Crippen LogP contribution is 2.31. The molecule has 0 aliphatic carbocycles. The zero-order chi connectivity index (χ0) is 26.8. The van der Waals surface area contributed by atoms with Crippen LogP contribution in [0.4, 0.5) is 17.1 Å². The predicted molar refractivity (Wildman–Crippen MR) is 153 cm³/mol. The van der Waals surface area contributed by atoms with Gasteiger partial charge in [-0.3, -0.25) is 9.59 Å². The van der Waals surface area contributed by atoms with Crippen molar-refractivity contribution in [2.24, 2.45) is 11.8 Å². The number of piperazine rings is 1. The van der Waals surface area contributed by atoms with Crippen LogP contribution in [0.15, 0.2) is 42.5 Å². The molecule has 1 fully saturated rings. The summed E-state index contributed by atoms with van der Waals surface area (Å²) in [5.41, 5.74) is 3.26. The Labute approximate surface area is 222 Å². The standard InChI is InChI=1S/C30H44N4O3/c1-6-8-11-23(7-2)29(35)32-24-14-15-26(25(20-24)30(36)31-21-22(3)4)33-16-18-34(19-17-33)27-12-9-10-13-28(27)37-5/h9-10,12-15,20,22-23H,6-8,11,16-19,21H2,1-5H3,(H,31,36)(H,32,35). The van der Waals surface area contributed by atoms with E-state index in [0.717, 1.165) is 69.0 Å². The molecule has 2 amide bonds. The van der Waals surface area contributed by atoms with Gasteiger partial charge in [0.25, 0.3) is 5.91 Å². The molecule has 202 valence electrons. The highest BCUT2D eigenvalue weighted by Gasteiger charge is 2.24. The maximum absolute atomic E-state index is 13.3. The van der Waals surface area contributed by atoms with Crippen LogP contribution in [0.2, 0.25) is 0 Å². The number of unbranched alkanes of at least 4 members (excludes halogenated alkanes) is 1. The Morgan fingerprint density at radius 2 is 1.65 bits per heavy atom. The Morgan fingerprint density at radius 1 is 0.973 bits per heavy atom. The van der Waals surface area contributed by atoms with E-state index < -0.39 is 0 Å². The van der Waals surface area contributed by atoms with Crippen LogP contribution >= 0.6 is 0 Å². The monoisotopic (exact) mass is 508 g/mol. The molecule has 37 heavy (non-hydrogen) atoms. The maximum Gasteiger partial charge on any atom is 0.253 e. The van der Waals surface area contributed by atoms with Crippen LogP contribution < -0.4 is 25.2 Å². The first-order chi connectivity index (χ1) is 17.9. The number of amides is 2. The van der Waals surface area contributed by atoms with Crippen molar-refractivity contribution in [3.8, 4) is 5.75 Å². The van der Waals surface area contributed by atoms with E-state index in [9.17, 15) is 9.59 Å². The second-order valence-electron chi connectivity index (χ2n) is 10.2. The van der Waals surface area contributed by atoms with Crippen LogP contribution in [0.1, 0.15) is 63.7 Å². The molecule has 0 radical (unpaired) electrons. The number of nitrogens with zero attached hydrogens (tertiary/aromatic N) is 2. The molecule has 0 aromatic heterocycles. The predicted octanol–water partition coefficient (Wildman–Crippen LogP) is 5.56. The summed E-state index contributed by atoms with van der Waals surface area (Å²) < 4.78 is 5.56. The first-order valence-electron chi connectivity index (χ1n) is 13.7. The molecule has 1 heterocycles. The van der Waals surface area contributed by atoms with Crippen molar-refractivity contribution in [1.29, 1.82) is 0 Å². The van der Waals surface area contributed by atoms with Gasteiger partial charge in [0.2, 0.25) is 5.91 Å². The molecule has 1 saturated heterocycles. The van der Waals surface area contributed by atoms with Crippen molar-refractivity contribution in [2.75, 3.05) is 55.0 Å². The molecule has 2 aromatic carbocycles. The number of carbonyl (C=O) groups is 2. The average molecular weight is 509 g/mol. The number of para-hydroxylation sites is 2. The van der Waals surface area contributed by atoms with Gasteiger partial charge >= 0.3 is 0 Å². The number of hydrogen-bond donors (Lipinski definition) is 2. The molecule has 1 unspecified atom stereocenters. The topological polar surface area (TPSA) is 73.9 Å². The van der Waals surface area contributed by atoms with Gasteiger partial charge in [0, 0.05) is 50.0 Å². The van der Waals surface area contributed by atoms with Gasteiger partial charge in [0.15, 0.2) is 0 Å². The lowest BCUT2D eigenvalue weighted by molar-refractivity contribution is -0.120. The minimum absolute atomic E-state index is 0.0131. The Kier molecular flexibility index (Phi) is 10.7. The summed E-state index contributed by atoms with van der Waals surface area (Å²) in [4.78, 5) is 30.8. The summed E-state index contributed by atoms with van der Waals surface area (Å²) in [6.45, 7) is 12.2. The number of anilines is 3. The normalized spacial score (nSPS) is 14.4. The van der Waals surface area contributed by atoms with Gasteiger partial charge in [-0.15, -0.1) is 0 Å². The number of hydrogen-bond acceptors (Lipinski definition) is 5.